The summed E-state index contributed by atoms with van der Waals surface area (Å²) in [6, 6.07) is 22.8. The molecular formula is C26H27N3O. The minimum atomic E-state index is 0.128. The van der Waals surface area contributed by atoms with Gasteiger partial charge >= 0.3 is 0 Å². The van der Waals surface area contributed by atoms with Gasteiger partial charge in [-0.15, -0.1) is 0 Å². The molecule has 152 valence electrons. The normalized spacial score (nSPS) is 11.2. The summed E-state index contributed by atoms with van der Waals surface area (Å²) >= 11 is 0. The number of carbonyl (C=O) groups is 1. The standard InChI is InChI=1S/C26H27N3O/c1-20(2)29(18-22-12-14-27-15-13-22)26(30)16-23-19-28(17-21-8-4-3-5-9-21)25-11-7-6-10-24(23)25/h3-15,19-20H,16-18H2,1-2H3. The van der Waals surface area contributed by atoms with E-state index in [-0.39, 0.29) is 11.9 Å². The molecule has 0 aliphatic heterocycles. The summed E-state index contributed by atoms with van der Waals surface area (Å²) in [4.78, 5) is 19.3. The fraction of sp³-hybridized carbons (Fsp3) is 0.231. The number of aromatic nitrogens is 2. The summed E-state index contributed by atoms with van der Waals surface area (Å²) in [5, 5.41) is 1.15. The van der Waals surface area contributed by atoms with Crippen molar-refractivity contribution in [3.63, 3.8) is 0 Å². The molecule has 4 aromatic rings. The van der Waals surface area contributed by atoms with Crippen LogP contribution in [0.3, 0.4) is 0 Å². The van der Waals surface area contributed by atoms with Gasteiger partial charge in [-0.3, -0.25) is 9.78 Å². The minimum absolute atomic E-state index is 0.128. The molecule has 0 unspecified atom stereocenters. The summed E-state index contributed by atoms with van der Waals surface area (Å²) in [7, 11) is 0. The second-order valence-electron chi connectivity index (χ2n) is 7.93. The van der Waals surface area contributed by atoms with Gasteiger partial charge in [0.1, 0.15) is 0 Å². The number of pyridine rings is 1. The molecule has 2 aromatic heterocycles. The molecule has 0 atom stereocenters. The van der Waals surface area contributed by atoms with Gasteiger partial charge in [-0.2, -0.15) is 0 Å². The molecule has 1 amide bonds. The lowest BCUT2D eigenvalue weighted by molar-refractivity contribution is -0.132. The Balaban J connectivity index is 1.60. The third-order valence-corrected chi connectivity index (χ3v) is 5.45. The maximum absolute atomic E-state index is 13.3. The Morgan fingerprint density at radius 2 is 1.63 bits per heavy atom. The maximum Gasteiger partial charge on any atom is 0.227 e. The number of carbonyl (C=O) groups excluding carboxylic acids is 1. The second-order valence-corrected chi connectivity index (χ2v) is 7.93. The monoisotopic (exact) mass is 397 g/mol. The molecule has 0 spiro atoms. The van der Waals surface area contributed by atoms with E-state index in [0.717, 1.165) is 28.6 Å². The molecule has 0 saturated heterocycles. The van der Waals surface area contributed by atoms with E-state index in [1.165, 1.54) is 5.56 Å². The second kappa shape index (κ2) is 8.95. The quantitative estimate of drug-likeness (QED) is 0.437. The summed E-state index contributed by atoms with van der Waals surface area (Å²) < 4.78 is 2.25. The van der Waals surface area contributed by atoms with Crippen LogP contribution in [0.2, 0.25) is 0 Å². The van der Waals surface area contributed by atoms with Gasteiger partial charge in [0.25, 0.3) is 0 Å². The average Bonchev–Trinajstić information content (AvgIpc) is 3.10. The first-order valence-corrected chi connectivity index (χ1v) is 10.4. The SMILES string of the molecule is CC(C)N(Cc1ccncc1)C(=O)Cc1cn(Cc2ccccc2)c2ccccc12. The predicted molar refractivity (Wildman–Crippen MR) is 121 cm³/mol. The van der Waals surface area contributed by atoms with Crippen molar-refractivity contribution >= 4 is 16.8 Å². The molecule has 4 rings (SSSR count). The fourth-order valence-electron chi connectivity index (χ4n) is 3.88. The molecule has 4 nitrogen and oxygen atoms in total. The first-order valence-electron chi connectivity index (χ1n) is 10.4. The number of hydrogen-bond acceptors (Lipinski definition) is 2. The van der Waals surface area contributed by atoms with Gasteiger partial charge in [0.05, 0.1) is 6.42 Å². The Morgan fingerprint density at radius 3 is 2.37 bits per heavy atom. The number of hydrogen-bond donors (Lipinski definition) is 0. The summed E-state index contributed by atoms with van der Waals surface area (Å²) in [6.07, 6.45) is 6.08. The predicted octanol–water partition coefficient (Wildman–Crippen LogP) is 5.06. The van der Waals surface area contributed by atoms with Crippen LogP contribution in [-0.2, 0) is 24.3 Å². The van der Waals surface area contributed by atoms with E-state index in [4.69, 9.17) is 0 Å². The van der Waals surface area contributed by atoms with Crippen LogP contribution in [0.5, 0.6) is 0 Å². The number of rotatable bonds is 7. The van der Waals surface area contributed by atoms with E-state index in [9.17, 15) is 4.79 Å². The van der Waals surface area contributed by atoms with Gasteiger partial charge in [0, 0.05) is 48.6 Å². The van der Waals surface area contributed by atoms with E-state index in [0.29, 0.717) is 13.0 Å². The summed E-state index contributed by atoms with van der Waals surface area (Å²) in [6.45, 7) is 5.53. The van der Waals surface area contributed by atoms with Crippen LogP contribution in [0.4, 0.5) is 0 Å². The lowest BCUT2D eigenvalue weighted by atomic mass is 10.1. The van der Waals surface area contributed by atoms with Crippen molar-refractivity contribution < 1.29 is 4.79 Å². The van der Waals surface area contributed by atoms with Crippen LogP contribution < -0.4 is 0 Å². The fourth-order valence-corrected chi connectivity index (χ4v) is 3.88. The van der Waals surface area contributed by atoms with Crippen LogP contribution in [0.15, 0.2) is 85.3 Å². The molecule has 4 heteroatoms. The molecule has 2 aromatic carbocycles. The Morgan fingerprint density at radius 1 is 0.933 bits per heavy atom. The summed E-state index contributed by atoms with van der Waals surface area (Å²) in [5.41, 5.74) is 4.58. The Hall–Kier alpha value is -3.40. The van der Waals surface area contributed by atoms with Crippen molar-refractivity contribution in [1.82, 2.24) is 14.5 Å². The number of nitrogens with zero attached hydrogens (tertiary/aromatic N) is 3. The first-order chi connectivity index (χ1) is 14.6. The molecule has 0 aliphatic rings. The molecule has 0 N–H and O–H groups in total. The van der Waals surface area contributed by atoms with Crippen molar-refractivity contribution in [2.24, 2.45) is 0 Å². The third kappa shape index (κ3) is 4.43. The van der Waals surface area contributed by atoms with Crippen LogP contribution in [0, 0.1) is 0 Å². The van der Waals surface area contributed by atoms with E-state index < -0.39 is 0 Å². The van der Waals surface area contributed by atoms with E-state index in [1.54, 1.807) is 12.4 Å². The van der Waals surface area contributed by atoms with Crippen molar-refractivity contribution in [1.29, 1.82) is 0 Å². The highest BCUT2D eigenvalue weighted by atomic mass is 16.2. The van der Waals surface area contributed by atoms with Gasteiger partial charge in [-0.05, 0) is 48.7 Å². The molecule has 0 radical (unpaired) electrons. The van der Waals surface area contributed by atoms with Crippen LogP contribution >= 0.6 is 0 Å². The molecule has 0 bridgehead atoms. The maximum atomic E-state index is 13.3. The van der Waals surface area contributed by atoms with E-state index in [1.807, 2.05) is 29.2 Å². The number of para-hydroxylation sites is 1. The Kier molecular flexibility index (Phi) is 5.94. The first kappa shape index (κ1) is 19.9. The van der Waals surface area contributed by atoms with Crippen LogP contribution in [-0.4, -0.2) is 26.4 Å². The Bertz CT molecular complexity index is 1120. The largest absolute Gasteiger partial charge is 0.343 e. The molecule has 0 fully saturated rings. The Labute approximate surface area is 177 Å². The van der Waals surface area contributed by atoms with Crippen molar-refractivity contribution in [3.05, 3.63) is 102 Å². The van der Waals surface area contributed by atoms with Gasteiger partial charge in [0.2, 0.25) is 5.91 Å². The molecular weight excluding hydrogens is 370 g/mol. The van der Waals surface area contributed by atoms with Crippen molar-refractivity contribution in [3.8, 4) is 0 Å². The molecule has 0 saturated carbocycles. The minimum Gasteiger partial charge on any atom is -0.343 e. The molecule has 0 aliphatic carbocycles. The summed E-state index contributed by atoms with van der Waals surface area (Å²) in [5.74, 6) is 0.143. The zero-order chi connectivity index (χ0) is 20.9. The zero-order valence-corrected chi connectivity index (χ0v) is 17.5. The molecule has 30 heavy (non-hydrogen) atoms. The average molecular weight is 398 g/mol. The topological polar surface area (TPSA) is 38.1 Å². The van der Waals surface area contributed by atoms with Crippen molar-refractivity contribution in [2.45, 2.75) is 39.4 Å². The third-order valence-electron chi connectivity index (χ3n) is 5.45. The number of benzene rings is 2. The number of amides is 1. The van der Waals surface area contributed by atoms with Crippen LogP contribution in [0.25, 0.3) is 10.9 Å². The number of fused-ring (bicyclic) bond motifs is 1. The highest BCUT2D eigenvalue weighted by molar-refractivity contribution is 5.89. The molecule has 2 heterocycles. The highest BCUT2D eigenvalue weighted by Gasteiger charge is 2.20. The van der Waals surface area contributed by atoms with Gasteiger partial charge in [0.15, 0.2) is 0 Å². The van der Waals surface area contributed by atoms with Crippen LogP contribution in [0.1, 0.15) is 30.5 Å². The van der Waals surface area contributed by atoms with E-state index in [2.05, 4.69) is 72.1 Å². The van der Waals surface area contributed by atoms with E-state index >= 15 is 0 Å². The smallest absolute Gasteiger partial charge is 0.227 e. The lowest BCUT2D eigenvalue weighted by Crippen LogP contribution is -2.37. The lowest BCUT2D eigenvalue weighted by Gasteiger charge is -2.27. The highest BCUT2D eigenvalue weighted by Crippen LogP contribution is 2.24. The van der Waals surface area contributed by atoms with Gasteiger partial charge < -0.3 is 9.47 Å². The zero-order valence-electron chi connectivity index (χ0n) is 17.5. The van der Waals surface area contributed by atoms with Gasteiger partial charge in [-0.1, -0.05) is 48.5 Å². The van der Waals surface area contributed by atoms with Gasteiger partial charge in [-0.25, -0.2) is 0 Å². The van der Waals surface area contributed by atoms with Crippen molar-refractivity contribution in [2.75, 3.05) is 0 Å².